The molecule has 0 saturated carbocycles. The number of nitrogen functional groups attached to an aromatic ring is 1. The van der Waals surface area contributed by atoms with Crippen molar-refractivity contribution in [2.75, 3.05) is 17.2 Å². The van der Waals surface area contributed by atoms with Crippen molar-refractivity contribution in [3.05, 3.63) is 5.89 Å². The van der Waals surface area contributed by atoms with E-state index in [2.05, 4.69) is 17.1 Å². The molecule has 72 valence electrons. The SMILES string of the molecule is CC1(c2nc(N)no2)CCSCC1. The van der Waals surface area contributed by atoms with Gasteiger partial charge < -0.3 is 10.3 Å². The van der Waals surface area contributed by atoms with Gasteiger partial charge in [-0.3, -0.25) is 0 Å². The lowest BCUT2D eigenvalue weighted by Gasteiger charge is -2.28. The highest BCUT2D eigenvalue weighted by Gasteiger charge is 2.34. The minimum absolute atomic E-state index is 0.0515. The molecular weight excluding hydrogens is 186 g/mol. The van der Waals surface area contributed by atoms with Crippen molar-refractivity contribution in [1.82, 2.24) is 10.1 Å². The summed E-state index contributed by atoms with van der Waals surface area (Å²) in [6.07, 6.45) is 2.19. The average Bonchev–Trinajstić information content (AvgIpc) is 2.54. The number of anilines is 1. The molecule has 1 saturated heterocycles. The van der Waals surface area contributed by atoms with Gasteiger partial charge in [-0.1, -0.05) is 6.92 Å². The van der Waals surface area contributed by atoms with Crippen molar-refractivity contribution in [3.8, 4) is 0 Å². The normalized spacial score (nSPS) is 21.6. The molecule has 1 aliphatic heterocycles. The molecule has 1 aromatic heterocycles. The highest BCUT2D eigenvalue weighted by molar-refractivity contribution is 7.99. The molecule has 5 heteroatoms. The fraction of sp³-hybridized carbons (Fsp3) is 0.750. The fourth-order valence-electron chi connectivity index (χ4n) is 1.52. The van der Waals surface area contributed by atoms with Crippen molar-refractivity contribution in [3.63, 3.8) is 0 Å². The van der Waals surface area contributed by atoms with Gasteiger partial charge in [-0.2, -0.15) is 16.7 Å². The van der Waals surface area contributed by atoms with Crippen molar-refractivity contribution >= 4 is 17.7 Å². The van der Waals surface area contributed by atoms with E-state index in [1.807, 2.05) is 11.8 Å². The number of nitrogens with two attached hydrogens (primary N) is 1. The Kier molecular flexibility index (Phi) is 2.19. The van der Waals surface area contributed by atoms with Crippen molar-refractivity contribution in [2.24, 2.45) is 0 Å². The van der Waals surface area contributed by atoms with E-state index in [-0.39, 0.29) is 11.4 Å². The van der Waals surface area contributed by atoms with Gasteiger partial charge in [0.25, 0.3) is 5.95 Å². The first kappa shape index (κ1) is 8.87. The lowest BCUT2D eigenvalue weighted by Crippen LogP contribution is -2.27. The third-order valence-corrected chi connectivity index (χ3v) is 3.54. The number of hydrogen-bond donors (Lipinski definition) is 1. The van der Waals surface area contributed by atoms with Gasteiger partial charge in [0, 0.05) is 5.41 Å². The highest BCUT2D eigenvalue weighted by atomic mass is 32.2. The lowest BCUT2D eigenvalue weighted by molar-refractivity contribution is 0.279. The van der Waals surface area contributed by atoms with Crippen LogP contribution in [0.15, 0.2) is 4.52 Å². The Morgan fingerprint density at radius 2 is 2.15 bits per heavy atom. The first-order valence-corrected chi connectivity index (χ1v) is 5.54. The Bertz CT molecular complexity index is 293. The molecule has 0 bridgehead atoms. The Hall–Kier alpha value is -0.710. The maximum atomic E-state index is 5.42. The highest BCUT2D eigenvalue weighted by Crippen LogP contribution is 2.36. The van der Waals surface area contributed by atoms with Crippen LogP contribution in [-0.2, 0) is 5.41 Å². The van der Waals surface area contributed by atoms with E-state index in [1.165, 1.54) is 11.5 Å². The van der Waals surface area contributed by atoms with Crippen LogP contribution in [-0.4, -0.2) is 21.6 Å². The first-order chi connectivity index (χ1) is 6.21. The molecule has 1 aromatic rings. The summed E-state index contributed by atoms with van der Waals surface area (Å²) in [5.41, 5.74) is 5.47. The molecule has 0 atom stereocenters. The van der Waals surface area contributed by atoms with E-state index in [0.29, 0.717) is 5.89 Å². The topological polar surface area (TPSA) is 64.9 Å². The molecule has 4 nitrogen and oxygen atoms in total. The molecular formula is C8H13N3OS. The van der Waals surface area contributed by atoms with Crippen LogP contribution >= 0.6 is 11.8 Å². The van der Waals surface area contributed by atoms with Crippen LogP contribution in [0.2, 0.25) is 0 Å². The van der Waals surface area contributed by atoms with Crippen LogP contribution in [0, 0.1) is 0 Å². The quantitative estimate of drug-likeness (QED) is 0.741. The maximum Gasteiger partial charge on any atom is 0.260 e. The second-order valence-electron chi connectivity index (χ2n) is 3.63. The van der Waals surface area contributed by atoms with Crippen molar-refractivity contribution < 1.29 is 4.52 Å². The number of nitrogens with zero attached hydrogens (tertiary/aromatic N) is 2. The number of aromatic nitrogens is 2. The first-order valence-electron chi connectivity index (χ1n) is 4.38. The third kappa shape index (κ3) is 1.65. The minimum Gasteiger partial charge on any atom is -0.365 e. The molecule has 0 amide bonds. The summed E-state index contributed by atoms with van der Waals surface area (Å²) in [5, 5.41) is 3.62. The summed E-state index contributed by atoms with van der Waals surface area (Å²) in [4.78, 5) is 4.10. The van der Waals surface area contributed by atoms with Crippen LogP contribution < -0.4 is 5.73 Å². The summed E-state index contributed by atoms with van der Waals surface area (Å²) >= 11 is 1.98. The number of hydrogen-bond acceptors (Lipinski definition) is 5. The van der Waals surface area contributed by atoms with Gasteiger partial charge in [0.05, 0.1) is 0 Å². The van der Waals surface area contributed by atoms with Gasteiger partial charge in [0.15, 0.2) is 0 Å². The van der Waals surface area contributed by atoms with Gasteiger partial charge >= 0.3 is 0 Å². The third-order valence-electron chi connectivity index (χ3n) is 2.55. The summed E-state index contributed by atoms with van der Waals surface area (Å²) < 4.78 is 5.11. The molecule has 0 radical (unpaired) electrons. The summed E-state index contributed by atoms with van der Waals surface area (Å²) in [7, 11) is 0. The van der Waals surface area contributed by atoms with E-state index in [1.54, 1.807) is 0 Å². The second-order valence-corrected chi connectivity index (χ2v) is 4.86. The van der Waals surface area contributed by atoms with Gasteiger partial charge in [-0.05, 0) is 29.5 Å². The Morgan fingerprint density at radius 3 is 2.69 bits per heavy atom. The Morgan fingerprint density at radius 1 is 1.46 bits per heavy atom. The monoisotopic (exact) mass is 199 g/mol. The predicted octanol–water partition coefficient (Wildman–Crippen LogP) is 1.44. The van der Waals surface area contributed by atoms with Gasteiger partial charge in [-0.15, -0.1) is 0 Å². The maximum absolute atomic E-state index is 5.42. The summed E-state index contributed by atoms with van der Waals surface area (Å²) in [6, 6.07) is 0. The van der Waals surface area contributed by atoms with E-state index >= 15 is 0 Å². The van der Waals surface area contributed by atoms with Gasteiger partial charge in [0.2, 0.25) is 5.89 Å². The zero-order chi connectivity index (χ0) is 9.31. The molecule has 2 heterocycles. The van der Waals surface area contributed by atoms with Crippen LogP contribution in [0.1, 0.15) is 25.7 Å². The lowest BCUT2D eigenvalue weighted by atomic mass is 9.84. The molecule has 1 aliphatic rings. The Labute approximate surface area is 81.3 Å². The molecule has 13 heavy (non-hydrogen) atoms. The van der Waals surface area contributed by atoms with Crippen LogP contribution in [0.5, 0.6) is 0 Å². The largest absolute Gasteiger partial charge is 0.365 e. The molecule has 0 aromatic carbocycles. The summed E-state index contributed by atoms with van der Waals surface area (Å²) in [5.74, 6) is 3.28. The van der Waals surface area contributed by atoms with Crippen LogP contribution in [0.4, 0.5) is 5.95 Å². The van der Waals surface area contributed by atoms with E-state index in [9.17, 15) is 0 Å². The number of rotatable bonds is 1. The van der Waals surface area contributed by atoms with E-state index in [0.717, 1.165) is 12.8 Å². The van der Waals surface area contributed by atoms with E-state index in [4.69, 9.17) is 10.3 Å². The number of thioether (sulfide) groups is 1. The molecule has 2 N–H and O–H groups in total. The van der Waals surface area contributed by atoms with E-state index < -0.39 is 0 Å². The zero-order valence-corrected chi connectivity index (χ0v) is 8.43. The summed E-state index contributed by atoms with van der Waals surface area (Å²) in [6.45, 7) is 2.17. The van der Waals surface area contributed by atoms with Crippen LogP contribution in [0.25, 0.3) is 0 Å². The smallest absolute Gasteiger partial charge is 0.260 e. The molecule has 0 unspecified atom stereocenters. The Balaban J connectivity index is 2.22. The fourth-order valence-corrected chi connectivity index (χ4v) is 2.91. The average molecular weight is 199 g/mol. The molecule has 2 rings (SSSR count). The zero-order valence-electron chi connectivity index (χ0n) is 7.62. The predicted molar refractivity (Wildman–Crippen MR) is 52.6 cm³/mol. The molecule has 0 aliphatic carbocycles. The molecule has 0 spiro atoms. The van der Waals surface area contributed by atoms with Crippen LogP contribution in [0.3, 0.4) is 0 Å². The standard InChI is InChI=1S/C8H13N3OS/c1-8(2-4-13-5-3-8)6-10-7(9)11-12-6/h2-5H2,1H3,(H2,9,11). The van der Waals surface area contributed by atoms with Crippen molar-refractivity contribution in [1.29, 1.82) is 0 Å². The van der Waals surface area contributed by atoms with Gasteiger partial charge in [-0.25, -0.2) is 0 Å². The minimum atomic E-state index is 0.0515. The second kappa shape index (κ2) is 3.21. The molecule has 1 fully saturated rings. The van der Waals surface area contributed by atoms with Gasteiger partial charge in [0.1, 0.15) is 0 Å². The van der Waals surface area contributed by atoms with Crippen molar-refractivity contribution in [2.45, 2.75) is 25.2 Å².